The Balaban J connectivity index is 1.80. The molecule has 1 aliphatic heterocycles. The van der Waals surface area contributed by atoms with Crippen LogP contribution in [0.5, 0.6) is 11.6 Å². The number of hydrogen-bond acceptors (Lipinski definition) is 9. The van der Waals surface area contributed by atoms with Crippen molar-refractivity contribution in [1.29, 1.82) is 0 Å². The van der Waals surface area contributed by atoms with Crippen LogP contribution in [0.2, 0.25) is 0 Å². The Bertz CT molecular complexity index is 825. The molecule has 0 spiro atoms. The number of rotatable bonds is 9. The smallest absolute Gasteiger partial charge is 0.238 e. The van der Waals surface area contributed by atoms with Gasteiger partial charge in [-0.15, -0.1) is 5.10 Å². The summed E-state index contributed by atoms with van der Waals surface area (Å²) in [5, 5.41) is 46.8. The second-order valence-corrected chi connectivity index (χ2v) is 7.85. The molecule has 2 heterocycles. The number of aromatic amines is 1. The average molecular weight is 437 g/mol. The van der Waals surface area contributed by atoms with Crippen molar-refractivity contribution in [1.82, 2.24) is 10.2 Å². The van der Waals surface area contributed by atoms with Crippen LogP contribution in [-0.4, -0.2) is 81.1 Å². The lowest BCUT2D eigenvalue weighted by Gasteiger charge is -2.39. The molecular weight excluding hydrogens is 406 g/mol. The van der Waals surface area contributed by atoms with Gasteiger partial charge in [0, 0.05) is 24.2 Å². The van der Waals surface area contributed by atoms with Gasteiger partial charge in [0.05, 0.1) is 6.61 Å². The Labute approximate surface area is 180 Å². The maximum Gasteiger partial charge on any atom is 0.238 e. The molecule has 1 fully saturated rings. The molecule has 0 saturated carbocycles. The van der Waals surface area contributed by atoms with E-state index in [2.05, 4.69) is 10.2 Å². The van der Waals surface area contributed by atoms with Gasteiger partial charge in [0.1, 0.15) is 36.8 Å². The van der Waals surface area contributed by atoms with Crippen LogP contribution in [0.25, 0.3) is 0 Å². The van der Waals surface area contributed by atoms with Crippen molar-refractivity contribution in [3.63, 3.8) is 0 Å². The van der Waals surface area contributed by atoms with Gasteiger partial charge < -0.3 is 40.4 Å². The highest BCUT2D eigenvalue weighted by Crippen LogP contribution is 2.31. The zero-order valence-corrected chi connectivity index (χ0v) is 17.6. The van der Waals surface area contributed by atoms with Gasteiger partial charge >= 0.3 is 0 Å². The number of aliphatic hydroxyl groups is 4. The van der Waals surface area contributed by atoms with Crippen LogP contribution in [-0.2, 0) is 11.2 Å². The van der Waals surface area contributed by atoms with E-state index in [9.17, 15) is 20.4 Å². The second-order valence-electron chi connectivity index (χ2n) is 7.85. The first-order valence-electron chi connectivity index (χ1n) is 10.3. The van der Waals surface area contributed by atoms with E-state index in [1.165, 1.54) is 0 Å². The maximum atomic E-state index is 10.3. The summed E-state index contributed by atoms with van der Waals surface area (Å²) in [4.78, 5) is 0. The predicted molar refractivity (Wildman–Crippen MR) is 111 cm³/mol. The topological polar surface area (TPSA) is 163 Å². The Morgan fingerprint density at radius 2 is 1.84 bits per heavy atom. The van der Waals surface area contributed by atoms with E-state index in [0.717, 1.165) is 22.6 Å². The summed E-state index contributed by atoms with van der Waals surface area (Å²) >= 11 is 0. The summed E-state index contributed by atoms with van der Waals surface area (Å²) in [7, 11) is 0. The first-order chi connectivity index (χ1) is 14.8. The molecule has 3 rings (SSSR count). The Morgan fingerprint density at radius 1 is 1.13 bits per heavy atom. The summed E-state index contributed by atoms with van der Waals surface area (Å²) in [5.74, 6) is 1.07. The second kappa shape index (κ2) is 10.4. The molecule has 2 aromatic rings. The molecular formula is C21H31N3O7. The Hall–Kier alpha value is -2.21. The molecule has 0 unspecified atom stereocenters. The lowest BCUT2D eigenvalue weighted by molar-refractivity contribution is -0.278. The number of benzene rings is 1. The molecule has 5 atom stereocenters. The van der Waals surface area contributed by atoms with Crippen LogP contribution in [0.15, 0.2) is 24.3 Å². The molecule has 0 amide bonds. The zero-order chi connectivity index (χ0) is 22.5. The minimum Gasteiger partial charge on any atom is -0.492 e. The lowest BCUT2D eigenvalue weighted by atomic mass is 9.98. The third-order valence-corrected chi connectivity index (χ3v) is 5.21. The van der Waals surface area contributed by atoms with E-state index >= 15 is 0 Å². The number of aliphatic hydroxyl groups excluding tert-OH is 4. The number of ether oxygens (including phenoxy) is 3. The molecule has 1 aromatic carbocycles. The Kier molecular flexibility index (Phi) is 7.87. The third-order valence-electron chi connectivity index (χ3n) is 5.21. The average Bonchev–Trinajstić information content (AvgIpc) is 3.16. The van der Waals surface area contributed by atoms with Crippen molar-refractivity contribution in [3.05, 3.63) is 41.1 Å². The van der Waals surface area contributed by atoms with E-state index < -0.39 is 37.3 Å². The van der Waals surface area contributed by atoms with Gasteiger partial charge in [0.25, 0.3) is 0 Å². The molecule has 0 radical (unpaired) electrons. The lowest BCUT2D eigenvalue weighted by Crippen LogP contribution is -2.60. The van der Waals surface area contributed by atoms with E-state index in [-0.39, 0.29) is 11.8 Å². The molecule has 31 heavy (non-hydrogen) atoms. The molecule has 0 bridgehead atoms. The SMILES string of the molecule is CC(C)c1[nH]nc(O[C@@H]2O[C@H](CO)[C@@H](O)[C@H](O)[C@H]2O)c1Cc1ccc(OCCN)cc1. The molecule has 1 aromatic heterocycles. The van der Waals surface area contributed by atoms with Crippen LogP contribution in [0, 0.1) is 0 Å². The van der Waals surface area contributed by atoms with Gasteiger partial charge in [-0.3, -0.25) is 5.10 Å². The fourth-order valence-electron chi connectivity index (χ4n) is 3.47. The quantitative estimate of drug-likeness (QED) is 0.307. The Morgan fingerprint density at radius 3 is 2.45 bits per heavy atom. The van der Waals surface area contributed by atoms with Crippen molar-refractivity contribution in [2.45, 2.75) is 56.9 Å². The van der Waals surface area contributed by atoms with E-state index in [1.54, 1.807) is 0 Å². The van der Waals surface area contributed by atoms with Crippen molar-refractivity contribution >= 4 is 0 Å². The van der Waals surface area contributed by atoms with E-state index in [4.69, 9.17) is 19.9 Å². The van der Waals surface area contributed by atoms with Crippen molar-refractivity contribution in [2.75, 3.05) is 19.8 Å². The van der Waals surface area contributed by atoms with Gasteiger partial charge in [0.2, 0.25) is 12.2 Å². The van der Waals surface area contributed by atoms with Crippen LogP contribution < -0.4 is 15.2 Å². The molecule has 10 nitrogen and oxygen atoms in total. The number of nitrogens with two attached hydrogens (primary N) is 1. The minimum absolute atomic E-state index is 0.127. The van der Waals surface area contributed by atoms with Crippen LogP contribution >= 0.6 is 0 Å². The highest BCUT2D eigenvalue weighted by Gasteiger charge is 2.45. The van der Waals surface area contributed by atoms with Crippen molar-refractivity contribution in [3.8, 4) is 11.6 Å². The maximum absolute atomic E-state index is 10.3. The zero-order valence-electron chi connectivity index (χ0n) is 17.6. The number of aromatic nitrogens is 2. The molecule has 0 aliphatic carbocycles. The summed E-state index contributed by atoms with van der Waals surface area (Å²) in [6.07, 6.45) is -6.35. The normalized spacial score (nSPS) is 26.3. The third kappa shape index (κ3) is 5.35. The molecule has 10 heteroatoms. The summed E-state index contributed by atoms with van der Waals surface area (Å²) in [6.45, 7) is 4.37. The summed E-state index contributed by atoms with van der Waals surface area (Å²) in [6, 6.07) is 7.58. The highest BCUT2D eigenvalue weighted by atomic mass is 16.7. The van der Waals surface area contributed by atoms with Gasteiger partial charge in [-0.25, -0.2) is 0 Å². The number of nitrogens with zero attached hydrogens (tertiary/aromatic N) is 1. The predicted octanol–water partition coefficient (Wildman–Crippen LogP) is -0.360. The van der Waals surface area contributed by atoms with E-state index in [0.29, 0.717) is 19.6 Å². The van der Waals surface area contributed by atoms with Crippen LogP contribution in [0.1, 0.15) is 36.6 Å². The summed E-state index contributed by atoms with van der Waals surface area (Å²) < 4.78 is 16.7. The minimum atomic E-state index is -1.52. The van der Waals surface area contributed by atoms with Crippen molar-refractivity contribution in [2.24, 2.45) is 5.73 Å². The summed E-state index contributed by atoms with van der Waals surface area (Å²) in [5.41, 5.74) is 8.09. The molecule has 172 valence electrons. The van der Waals surface area contributed by atoms with Crippen molar-refractivity contribution < 1.29 is 34.6 Å². The highest BCUT2D eigenvalue weighted by molar-refractivity contribution is 5.39. The van der Waals surface area contributed by atoms with Gasteiger partial charge in [-0.05, 0) is 23.6 Å². The van der Waals surface area contributed by atoms with Gasteiger partial charge in [0.15, 0.2) is 0 Å². The number of hydrogen-bond donors (Lipinski definition) is 6. The van der Waals surface area contributed by atoms with E-state index in [1.807, 2.05) is 38.1 Å². The van der Waals surface area contributed by atoms with Gasteiger partial charge in [-0.1, -0.05) is 26.0 Å². The monoisotopic (exact) mass is 437 g/mol. The fraction of sp³-hybridized carbons (Fsp3) is 0.571. The van der Waals surface area contributed by atoms with Gasteiger partial charge in [-0.2, -0.15) is 0 Å². The van der Waals surface area contributed by atoms with Crippen LogP contribution in [0.4, 0.5) is 0 Å². The molecule has 1 aliphatic rings. The van der Waals surface area contributed by atoms with Crippen LogP contribution in [0.3, 0.4) is 0 Å². The largest absolute Gasteiger partial charge is 0.492 e. The number of nitrogens with one attached hydrogen (secondary N) is 1. The fourth-order valence-corrected chi connectivity index (χ4v) is 3.47. The standard InChI is InChI=1S/C21H31N3O7/c1-11(2)16-14(9-12-3-5-13(6-4-12)29-8-7-22)20(24-23-16)31-21-19(28)18(27)17(26)15(10-25)30-21/h3-6,11,15,17-19,21,25-28H,7-10,22H2,1-2H3,(H,23,24)/t15-,17-,18+,19-,21+/m1/s1. The molecule has 1 saturated heterocycles. The molecule has 7 N–H and O–H groups in total. The first-order valence-corrected chi connectivity index (χ1v) is 10.3. The first kappa shape index (κ1) is 23.5. The number of H-pyrrole nitrogens is 1.